The van der Waals surface area contributed by atoms with E-state index in [9.17, 15) is 9.59 Å². The number of thioether (sulfide) groups is 1. The Kier molecular flexibility index (Phi) is 2.54. The van der Waals surface area contributed by atoms with Gasteiger partial charge in [-0.3, -0.25) is 9.59 Å². The molecule has 0 saturated carbocycles. The number of rotatable bonds is 1. The molecule has 0 aromatic carbocycles. The summed E-state index contributed by atoms with van der Waals surface area (Å²) < 4.78 is 0. The lowest BCUT2D eigenvalue weighted by Crippen LogP contribution is -2.39. The molecule has 62 valence electrons. The standard InChI is InChI=1S/C7H11NO2S/c1-4-3-11-7(10)6(4)8-5(2)9/h4,6H,3H2,1-2H3,(H,8,9)/t4-,6-/m1/s1. The summed E-state index contributed by atoms with van der Waals surface area (Å²) in [6.45, 7) is 3.40. The summed E-state index contributed by atoms with van der Waals surface area (Å²) in [5, 5.41) is 2.72. The van der Waals surface area contributed by atoms with Crippen LogP contribution in [0.15, 0.2) is 0 Å². The fourth-order valence-electron chi connectivity index (χ4n) is 1.05. The molecule has 1 N–H and O–H groups in total. The molecule has 1 aliphatic rings. The first-order valence-electron chi connectivity index (χ1n) is 3.55. The first-order chi connectivity index (χ1) is 5.11. The minimum atomic E-state index is -0.252. The number of hydrogen-bond donors (Lipinski definition) is 1. The third kappa shape index (κ3) is 1.96. The van der Waals surface area contributed by atoms with Crippen molar-refractivity contribution < 1.29 is 9.59 Å². The van der Waals surface area contributed by atoms with Gasteiger partial charge < -0.3 is 5.32 Å². The van der Waals surface area contributed by atoms with Gasteiger partial charge in [0.1, 0.15) is 6.04 Å². The van der Waals surface area contributed by atoms with Crippen LogP contribution in [-0.2, 0) is 9.59 Å². The van der Waals surface area contributed by atoms with Crippen LogP contribution in [0.5, 0.6) is 0 Å². The van der Waals surface area contributed by atoms with Crippen LogP contribution >= 0.6 is 11.8 Å². The van der Waals surface area contributed by atoms with E-state index in [0.29, 0.717) is 0 Å². The molecule has 1 heterocycles. The van der Waals surface area contributed by atoms with Crippen LogP contribution < -0.4 is 5.32 Å². The second-order valence-electron chi connectivity index (χ2n) is 2.79. The Hall–Kier alpha value is -0.510. The van der Waals surface area contributed by atoms with Crippen molar-refractivity contribution in [1.82, 2.24) is 5.32 Å². The average molecular weight is 173 g/mol. The van der Waals surface area contributed by atoms with Gasteiger partial charge in [-0.25, -0.2) is 0 Å². The van der Waals surface area contributed by atoms with Crippen molar-refractivity contribution in [2.24, 2.45) is 5.92 Å². The summed E-state index contributed by atoms with van der Waals surface area (Å²) in [7, 11) is 0. The molecule has 2 atom stereocenters. The zero-order chi connectivity index (χ0) is 8.43. The van der Waals surface area contributed by atoms with Crippen molar-refractivity contribution in [2.45, 2.75) is 19.9 Å². The molecule has 0 bridgehead atoms. The van der Waals surface area contributed by atoms with Gasteiger partial charge in [0.2, 0.25) is 11.0 Å². The van der Waals surface area contributed by atoms with Crippen LogP contribution in [0.2, 0.25) is 0 Å². The molecule has 11 heavy (non-hydrogen) atoms. The Morgan fingerprint density at radius 3 is 2.73 bits per heavy atom. The van der Waals surface area contributed by atoms with Crippen molar-refractivity contribution in [3.05, 3.63) is 0 Å². The lowest BCUT2D eigenvalue weighted by atomic mass is 10.1. The third-order valence-electron chi connectivity index (χ3n) is 1.67. The molecule has 1 rings (SSSR count). The maximum atomic E-state index is 11.1. The van der Waals surface area contributed by atoms with Crippen LogP contribution in [0.4, 0.5) is 0 Å². The number of carbonyl (C=O) groups excluding carboxylic acids is 2. The fraction of sp³-hybridized carbons (Fsp3) is 0.714. The number of amides is 1. The molecule has 0 spiro atoms. The monoisotopic (exact) mass is 173 g/mol. The van der Waals surface area contributed by atoms with Crippen LogP contribution in [0, 0.1) is 5.92 Å². The highest BCUT2D eigenvalue weighted by Crippen LogP contribution is 2.25. The molecular formula is C7H11NO2S. The molecule has 1 aliphatic heterocycles. The summed E-state index contributed by atoms with van der Waals surface area (Å²) in [6.07, 6.45) is 0. The van der Waals surface area contributed by atoms with E-state index in [1.54, 1.807) is 0 Å². The molecule has 0 radical (unpaired) electrons. The highest BCUT2D eigenvalue weighted by atomic mass is 32.2. The Morgan fingerprint density at radius 2 is 2.36 bits per heavy atom. The first kappa shape index (κ1) is 8.59. The van der Waals surface area contributed by atoms with Gasteiger partial charge in [0.05, 0.1) is 0 Å². The largest absolute Gasteiger partial charge is 0.345 e. The Labute approximate surface area is 69.9 Å². The molecule has 4 heteroatoms. The molecule has 1 amide bonds. The number of hydrogen-bond acceptors (Lipinski definition) is 3. The molecule has 1 saturated heterocycles. The fourth-order valence-corrected chi connectivity index (χ4v) is 2.14. The van der Waals surface area contributed by atoms with Gasteiger partial charge in [-0.05, 0) is 5.92 Å². The maximum absolute atomic E-state index is 11.1. The predicted molar refractivity (Wildman–Crippen MR) is 44.2 cm³/mol. The topological polar surface area (TPSA) is 46.2 Å². The van der Waals surface area contributed by atoms with E-state index in [0.717, 1.165) is 5.75 Å². The van der Waals surface area contributed by atoms with Gasteiger partial charge in [-0.15, -0.1) is 0 Å². The molecule has 3 nitrogen and oxygen atoms in total. The van der Waals surface area contributed by atoms with E-state index in [1.807, 2.05) is 6.92 Å². The summed E-state index contributed by atoms with van der Waals surface area (Å²) in [5.41, 5.74) is 0. The van der Waals surface area contributed by atoms with Crippen LogP contribution in [0.25, 0.3) is 0 Å². The van der Waals surface area contributed by atoms with Crippen molar-refractivity contribution in [2.75, 3.05) is 5.75 Å². The SMILES string of the molecule is CC(=O)N[C@H]1C(=O)SC[C@H]1C. The van der Waals surface area contributed by atoms with E-state index in [1.165, 1.54) is 18.7 Å². The summed E-state index contributed by atoms with van der Waals surface area (Å²) in [5.74, 6) is 0.971. The lowest BCUT2D eigenvalue weighted by molar-refractivity contribution is -0.123. The molecule has 1 fully saturated rings. The van der Waals surface area contributed by atoms with Gasteiger partial charge in [-0.1, -0.05) is 18.7 Å². The number of carbonyl (C=O) groups is 2. The lowest BCUT2D eigenvalue weighted by Gasteiger charge is -2.12. The van der Waals surface area contributed by atoms with Gasteiger partial charge in [-0.2, -0.15) is 0 Å². The first-order valence-corrected chi connectivity index (χ1v) is 4.53. The average Bonchev–Trinajstić information content (AvgIpc) is 2.18. The second-order valence-corrected chi connectivity index (χ2v) is 3.81. The van der Waals surface area contributed by atoms with Gasteiger partial charge >= 0.3 is 0 Å². The number of nitrogens with one attached hydrogen (secondary N) is 1. The molecule has 0 aromatic rings. The van der Waals surface area contributed by atoms with Crippen LogP contribution in [0.1, 0.15) is 13.8 Å². The van der Waals surface area contributed by atoms with Gasteiger partial charge in [0.15, 0.2) is 0 Å². The normalized spacial score (nSPS) is 30.5. The van der Waals surface area contributed by atoms with Crippen LogP contribution in [0.3, 0.4) is 0 Å². The smallest absolute Gasteiger partial charge is 0.217 e. The molecule has 0 aromatic heterocycles. The zero-order valence-electron chi connectivity index (χ0n) is 6.59. The van der Waals surface area contributed by atoms with Crippen LogP contribution in [-0.4, -0.2) is 22.8 Å². The summed E-state index contributed by atoms with van der Waals surface area (Å²) >= 11 is 1.30. The van der Waals surface area contributed by atoms with Gasteiger partial charge in [0, 0.05) is 12.7 Å². The minimum absolute atomic E-state index is 0.0905. The van der Waals surface area contributed by atoms with Crippen molar-refractivity contribution in [1.29, 1.82) is 0 Å². The van der Waals surface area contributed by atoms with E-state index in [4.69, 9.17) is 0 Å². The predicted octanol–water partition coefficient (Wildman–Crippen LogP) is 0.401. The highest BCUT2D eigenvalue weighted by Gasteiger charge is 2.32. The van der Waals surface area contributed by atoms with E-state index < -0.39 is 0 Å². The summed E-state index contributed by atoms with van der Waals surface area (Å²) in [6, 6.07) is -0.252. The van der Waals surface area contributed by atoms with E-state index in [-0.39, 0.29) is 23.0 Å². The maximum Gasteiger partial charge on any atom is 0.217 e. The Morgan fingerprint density at radius 1 is 1.73 bits per heavy atom. The molecular weight excluding hydrogens is 162 g/mol. The molecule has 0 aliphatic carbocycles. The second kappa shape index (κ2) is 3.26. The quantitative estimate of drug-likeness (QED) is 0.624. The third-order valence-corrected chi connectivity index (χ3v) is 2.90. The van der Waals surface area contributed by atoms with Crippen molar-refractivity contribution in [3.63, 3.8) is 0 Å². The van der Waals surface area contributed by atoms with Crippen molar-refractivity contribution >= 4 is 22.8 Å². The van der Waals surface area contributed by atoms with Crippen molar-refractivity contribution in [3.8, 4) is 0 Å². The minimum Gasteiger partial charge on any atom is -0.345 e. The Bertz CT molecular complexity index is 193. The van der Waals surface area contributed by atoms with Gasteiger partial charge in [0.25, 0.3) is 0 Å². The summed E-state index contributed by atoms with van der Waals surface area (Å²) in [4.78, 5) is 21.7. The van der Waals surface area contributed by atoms with E-state index >= 15 is 0 Å². The zero-order valence-corrected chi connectivity index (χ0v) is 7.40. The molecule has 0 unspecified atom stereocenters. The highest BCUT2D eigenvalue weighted by molar-refractivity contribution is 8.14. The van der Waals surface area contributed by atoms with E-state index in [2.05, 4.69) is 5.32 Å². The Balaban J connectivity index is 2.54.